The summed E-state index contributed by atoms with van der Waals surface area (Å²) < 4.78 is 25.6. The number of nitrogens with zero attached hydrogens (tertiary/aromatic N) is 1. The highest BCUT2D eigenvalue weighted by atomic mass is 32.2. The first-order chi connectivity index (χ1) is 9.30. The van der Waals surface area contributed by atoms with E-state index in [-0.39, 0.29) is 35.9 Å². The summed E-state index contributed by atoms with van der Waals surface area (Å²) in [6, 6.07) is 5.34. The predicted octanol–water partition coefficient (Wildman–Crippen LogP) is -0.119. The zero-order valence-corrected chi connectivity index (χ0v) is 11.3. The van der Waals surface area contributed by atoms with Gasteiger partial charge in [-0.25, -0.2) is 8.42 Å². The predicted molar refractivity (Wildman–Crippen MR) is 69.5 cm³/mol. The molecule has 0 bridgehead atoms. The standard InChI is InChI=1S/C12H14N2O5S/c13-12(17)9-1-3-10(4-2-9)20(18,19)14-6-8(7-14)5-11(15)16/h1-4,8H,5-7H2,(H2,13,17)(H,15,16). The lowest BCUT2D eigenvalue weighted by molar-refractivity contribution is -0.139. The van der Waals surface area contributed by atoms with Gasteiger partial charge < -0.3 is 10.8 Å². The second-order valence-corrected chi connectivity index (χ2v) is 6.61. The number of hydrogen-bond acceptors (Lipinski definition) is 4. The third-order valence-corrected chi connectivity index (χ3v) is 5.01. The van der Waals surface area contributed by atoms with Gasteiger partial charge in [0.15, 0.2) is 0 Å². The van der Waals surface area contributed by atoms with Gasteiger partial charge in [-0.05, 0) is 30.2 Å². The average molecular weight is 298 g/mol. The number of primary amides is 1. The Morgan fingerprint density at radius 3 is 2.25 bits per heavy atom. The summed E-state index contributed by atoms with van der Waals surface area (Å²) in [5.41, 5.74) is 5.31. The van der Waals surface area contributed by atoms with Gasteiger partial charge in [0.1, 0.15) is 0 Å². The lowest BCUT2D eigenvalue weighted by atomic mass is 10.00. The van der Waals surface area contributed by atoms with Crippen LogP contribution in [0.1, 0.15) is 16.8 Å². The lowest BCUT2D eigenvalue weighted by Crippen LogP contribution is -2.50. The Kier molecular flexibility index (Phi) is 3.78. The van der Waals surface area contributed by atoms with Crippen molar-refractivity contribution in [3.05, 3.63) is 29.8 Å². The third kappa shape index (κ3) is 2.81. The van der Waals surface area contributed by atoms with Gasteiger partial charge in [0.25, 0.3) is 0 Å². The summed E-state index contributed by atoms with van der Waals surface area (Å²) in [6.07, 6.45) is -0.0351. The highest BCUT2D eigenvalue weighted by Crippen LogP contribution is 2.27. The Bertz CT molecular complexity index is 632. The van der Waals surface area contributed by atoms with E-state index in [4.69, 9.17) is 10.8 Å². The quantitative estimate of drug-likeness (QED) is 0.785. The molecule has 1 fully saturated rings. The first-order valence-electron chi connectivity index (χ1n) is 5.92. The van der Waals surface area contributed by atoms with Crippen molar-refractivity contribution in [2.24, 2.45) is 11.7 Å². The number of benzene rings is 1. The summed E-state index contributed by atoms with van der Waals surface area (Å²) in [5.74, 6) is -1.70. The normalized spacial score (nSPS) is 16.6. The maximum Gasteiger partial charge on any atom is 0.303 e. The molecule has 1 aliphatic rings. The lowest BCUT2D eigenvalue weighted by Gasteiger charge is -2.37. The van der Waals surface area contributed by atoms with Crippen molar-refractivity contribution >= 4 is 21.9 Å². The van der Waals surface area contributed by atoms with E-state index >= 15 is 0 Å². The minimum Gasteiger partial charge on any atom is -0.481 e. The number of rotatable bonds is 5. The fourth-order valence-corrected chi connectivity index (χ4v) is 3.63. The van der Waals surface area contributed by atoms with E-state index in [2.05, 4.69) is 0 Å². The fraction of sp³-hybridized carbons (Fsp3) is 0.333. The molecule has 0 aromatic heterocycles. The highest BCUT2D eigenvalue weighted by molar-refractivity contribution is 7.89. The van der Waals surface area contributed by atoms with Gasteiger partial charge in [-0.1, -0.05) is 0 Å². The maximum absolute atomic E-state index is 12.2. The van der Waals surface area contributed by atoms with Crippen molar-refractivity contribution in [1.82, 2.24) is 4.31 Å². The number of carboxylic acids is 1. The van der Waals surface area contributed by atoms with Crippen molar-refractivity contribution in [1.29, 1.82) is 0 Å². The van der Waals surface area contributed by atoms with Crippen LogP contribution in [0.3, 0.4) is 0 Å². The van der Waals surface area contributed by atoms with E-state index in [1.54, 1.807) is 0 Å². The van der Waals surface area contributed by atoms with Crippen molar-refractivity contribution in [3.63, 3.8) is 0 Å². The van der Waals surface area contributed by atoms with Crippen LogP contribution in [0.25, 0.3) is 0 Å². The van der Waals surface area contributed by atoms with Gasteiger partial charge in [0.05, 0.1) is 11.3 Å². The third-order valence-electron chi connectivity index (χ3n) is 3.16. The molecule has 1 aromatic carbocycles. The molecule has 0 unspecified atom stereocenters. The number of hydrogen-bond donors (Lipinski definition) is 2. The molecule has 3 N–H and O–H groups in total. The van der Waals surface area contributed by atoms with Gasteiger partial charge in [0, 0.05) is 18.7 Å². The van der Waals surface area contributed by atoms with E-state index in [9.17, 15) is 18.0 Å². The Morgan fingerprint density at radius 1 is 1.25 bits per heavy atom. The largest absolute Gasteiger partial charge is 0.481 e. The Hall–Kier alpha value is -1.93. The molecule has 1 saturated heterocycles. The zero-order valence-electron chi connectivity index (χ0n) is 10.5. The molecule has 20 heavy (non-hydrogen) atoms. The van der Waals surface area contributed by atoms with Crippen LogP contribution in [0.15, 0.2) is 29.2 Å². The minimum absolute atomic E-state index is 0.0351. The topological polar surface area (TPSA) is 118 Å². The summed E-state index contributed by atoms with van der Waals surface area (Å²) >= 11 is 0. The molecule has 1 heterocycles. The molecule has 7 nitrogen and oxygen atoms in total. The van der Waals surface area contributed by atoms with Crippen LogP contribution in [-0.2, 0) is 14.8 Å². The first kappa shape index (κ1) is 14.5. The molecule has 0 atom stereocenters. The van der Waals surface area contributed by atoms with Crippen LogP contribution in [0.5, 0.6) is 0 Å². The molecule has 0 spiro atoms. The van der Waals surface area contributed by atoms with Gasteiger partial charge >= 0.3 is 5.97 Å². The van der Waals surface area contributed by atoms with E-state index in [1.807, 2.05) is 0 Å². The molecule has 0 radical (unpaired) electrons. The highest BCUT2D eigenvalue weighted by Gasteiger charge is 2.37. The van der Waals surface area contributed by atoms with Crippen molar-refractivity contribution in [2.75, 3.05) is 13.1 Å². The molecule has 0 saturated carbocycles. The molecule has 0 aliphatic carbocycles. The van der Waals surface area contributed by atoms with Crippen LogP contribution >= 0.6 is 0 Å². The fourth-order valence-electron chi connectivity index (χ4n) is 2.04. The SMILES string of the molecule is NC(=O)c1ccc(S(=O)(=O)N2CC(CC(=O)O)C2)cc1. The second-order valence-electron chi connectivity index (χ2n) is 4.67. The summed E-state index contributed by atoms with van der Waals surface area (Å²) in [6.45, 7) is 0.401. The number of amides is 1. The molecule has 108 valence electrons. The van der Waals surface area contributed by atoms with Gasteiger partial charge in [-0.15, -0.1) is 0 Å². The minimum atomic E-state index is -3.63. The molecule has 8 heteroatoms. The Morgan fingerprint density at radius 2 is 1.80 bits per heavy atom. The Labute approximate surface area is 116 Å². The number of sulfonamides is 1. The molecule has 2 rings (SSSR count). The number of carbonyl (C=O) groups is 2. The van der Waals surface area contributed by atoms with Crippen LogP contribution < -0.4 is 5.73 Å². The molecule has 1 aliphatic heterocycles. The first-order valence-corrected chi connectivity index (χ1v) is 7.36. The van der Waals surface area contributed by atoms with E-state index in [1.165, 1.54) is 28.6 Å². The van der Waals surface area contributed by atoms with Crippen molar-refractivity contribution in [3.8, 4) is 0 Å². The molecular formula is C12H14N2O5S. The molecule has 1 amide bonds. The Balaban J connectivity index is 2.08. The average Bonchev–Trinajstić information content (AvgIpc) is 2.33. The summed E-state index contributed by atoms with van der Waals surface area (Å²) in [7, 11) is -3.63. The van der Waals surface area contributed by atoms with E-state index in [0.29, 0.717) is 0 Å². The maximum atomic E-state index is 12.2. The van der Waals surface area contributed by atoms with E-state index < -0.39 is 21.9 Å². The number of aliphatic carboxylic acids is 1. The van der Waals surface area contributed by atoms with Gasteiger partial charge in [-0.2, -0.15) is 4.31 Å². The van der Waals surface area contributed by atoms with Gasteiger partial charge in [-0.3, -0.25) is 9.59 Å². The zero-order chi connectivity index (χ0) is 14.9. The number of carbonyl (C=O) groups excluding carboxylic acids is 1. The van der Waals surface area contributed by atoms with Crippen LogP contribution in [0, 0.1) is 5.92 Å². The van der Waals surface area contributed by atoms with Crippen LogP contribution in [-0.4, -0.2) is 42.8 Å². The second kappa shape index (κ2) is 5.22. The van der Waals surface area contributed by atoms with Gasteiger partial charge in [0.2, 0.25) is 15.9 Å². The number of carboxylic acid groups (broad SMARTS) is 1. The summed E-state index contributed by atoms with van der Waals surface area (Å²) in [4.78, 5) is 21.5. The molecule has 1 aromatic rings. The van der Waals surface area contributed by atoms with Crippen molar-refractivity contribution in [2.45, 2.75) is 11.3 Å². The van der Waals surface area contributed by atoms with E-state index in [0.717, 1.165) is 0 Å². The van der Waals surface area contributed by atoms with Crippen LogP contribution in [0.4, 0.5) is 0 Å². The smallest absolute Gasteiger partial charge is 0.303 e. The summed E-state index contributed by atoms with van der Waals surface area (Å²) in [5, 5.41) is 8.63. The monoisotopic (exact) mass is 298 g/mol. The van der Waals surface area contributed by atoms with Crippen molar-refractivity contribution < 1.29 is 23.1 Å². The number of nitrogens with two attached hydrogens (primary N) is 1. The van der Waals surface area contributed by atoms with Crippen LogP contribution in [0.2, 0.25) is 0 Å². The molecular weight excluding hydrogens is 284 g/mol.